The summed E-state index contributed by atoms with van der Waals surface area (Å²) >= 11 is 0. The Balaban J connectivity index is 4.30. The molecule has 0 amide bonds. The first-order chi connectivity index (χ1) is 8.54. The fourth-order valence-corrected chi connectivity index (χ4v) is 2.38. The quantitative estimate of drug-likeness (QED) is 0.535. The number of unbranched alkanes of at least 4 members (excludes halogenated alkanes) is 1. The fourth-order valence-electron chi connectivity index (χ4n) is 2.38. The maximum atomic E-state index is 10.2. The number of aliphatic hydroxyl groups is 3. The first kappa shape index (κ1) is 17.9. The maximum absolute atomic E-state index is 10.2. The SMILES string of the molecule is CCCCC(O)C(CC(O)CC)CC(O)CCC. The molecule has 3 N–H and O–H groups in total. The third kappa shape index (κ3) is 8.06. The molecule has 0 aromatic rings. The van der Waals surface area contributed by atoms with Gasteiger partial charge in [-0.25, -0.2) is 0 Å². The van der Waals surface area contributed by atoms with Crippen molar-refractivity contribution in [3.8, 4) is 0 Å². The number of hydrogen-bond acceptors (Lipinski definition) is 3. The molecule has 110 valence electrons. The second kappa shape index (κ2) is 10.8. The highest BCUT2D eigenvalue weighted by molar-refractivity contribution is 4.75. The molecule has 0 fully saturated rings. The highest BCUT2D eigenvalue weighted by Crippen LogP contribution is 2.24. The average molecular weight is 260 g/mol. The van der Waals surface area contributed by atoms with Crippen LogP contribution in [0.3, 0.4) is 0 Å². The molecule has 0 saturated heterocycles. The van der Waals surface area contributed by atoms with E-state index in [1.807, 2.05) is 13.8 Å². The van der Waals surface area contributed by atoms with Crippen molar-refractivity contribution in [2.24, 2.45) is 5.92 Å². The minimum atomic E-state index is -0.391. The molecule has 0 radical (unpaired) electrons. The van der Waals surface area contributed by atoms with Crippen molar-refractivity contribution < 1.29 is 15.3 Å². The Morgan fingerprint density at radius 3 is 1.89 bits per heavy atom. The maximum Gasteiger partial charge on any atom is 0.0570 e. The third-order valence-corrected chi connectivity index (χ3v) is 3.64. The molecule has 0 aliphatic heterocycles. The van der Waals surface area contributed by atoms with Crippen LogP contribution in [0.1, 0.15) is 72.1 Å². The molecule has 0 aromatic heterocycles. The van der Waals surface area contributed by atoms with E-state index >= 15 is 0 Å². The van der Waals surface area contributed by atoms with Gasteiger partial charge in [-0.3, -0.25) is 0 Å². The molecule has 0 aliphatic rings. The van der Waals surface area contributed by atoms with Gasteiger partial charge in [0.25, 0.3) is 0 Å². The molecule has 3 heteroatoms. The summed E-state index contributed by atoms with van der Waals surface area (Å²) < 4.78 is 0. The largest absolute Gasteiger partial charge is 0.393 e. The average Bonchev–Trinajstić information content (AvgIpc) is 2.35. The van der Waals surface area contributed by atoms with Gasteiger partial charge >= 0.3 is 0 Å². The summed E-state index contributed by atoms with van der Waals surface area (Å²) in [6, 6.07) is 0. The van der Waals surface area contributed by atoms with E-state index in [4.69, 9.17) is 0 Å². The molecule has 0 rings (SSSR count). The zero-order chi connectivity index (χ0) is 14.0. The summed E-state index contributed by atoms with van der Waals surface area (Å²) in [4.78, 5) is 0. The molecule has 4 atom stereocenters. The smallest absolute Gasteiger partial charge is 0.0570 e. The lowest BCUT2D eigenvalue weighted by atomic mass is 9.86. The second-order valence-corrected chi connectivity index (χ2v) is 5.45. The van der Waals surface area contributed by atoms with Crippen LogP contribution in [0, 0.1) is 5.92 Å². The summed E-state index contributed by atoms with van der Waals surface area (Å²) in [6.07, 6.45) is 5.39. The molecule has 0 spiro atoms. The van der Waals surface area contributed by atoms with Gasteiger partial charge in [-0.1, -0.05) is 40.0 Å². The molecule has 0 saturated carbocycles. The topological polar surface area (TPSA) is 60.7 Å². The first-order valence-electron chi connectivity index (χ1n) is 7.59. The predicted molar refractivity (Wildman–Crippen MR) is 75.5 cm³/mol. The van der Waals surface area contributed by atoms with Crippen LogP contribution in [0.5, 0.6) is 0 Å². The Kier molecular flexibility index (Phi) is 10.7. The lowest BCUT2D eigenvalue weighted by Gasteiger charge is -2.27. The molecule has 4 unspecified atom stereocenters. The van der Waals surface area contributed by atoms with Gasteiger partial charge in [0.15, 0.2) is 0 Å². The third-order valence-electron chi connectivity index (χ3n) is 3.64. The Bertz CT molecular complexity index is 185. The van der Waals surface area contributed by atoms with Gasteiger partial charge in [-0.05, 0) is 38.0 Å². The summed E-state index contributed by atoms with van der Waals surface area (Å²) in [5.41, 5.74) is 0. The Labute approximate surface area is 112 Å². The predicted octanol–water partition coefficient (Wildman–Crippen LogP) is 2.87. The molecular weight excluding hydrogens is 228 g/mol. The summed E-state index contributed by atoms with van der Waals surface area (Å²) in [5.74, 6) is 0.0213. The van der Waals surface area contributed by atoms with Crippen molar-refractivity contribution in [2.45, 2.75) is 90.4 Å². The van der Waals surface area contributed by atoms with Crippen molar-refractivity contribution in [1.82, 2.24) is 0 Å². The van der Waals surface area contributed by atoms with Crippen LogP contribution in [-0.4, -0.2) is 33.6 Å². The van der Waals surface area contributed by atoms with E-state index in [-0.39, 0.29) is 18.1 Å². The molecule has 3 nitrogen and oxygen atoms in total. The van der Waals surface area contributed by atoms with Crippen molar-refractivity contribution >= 4 is 0 Å². The normalized spacial score (nSPS) is 18.3. The van der Waals surface area contributed by atoms with Crippen molar-refractivity contribution in [1.29, 1.82) is 0 Å². The van der Waals surface area contributed by atoms with Gasteiger partial charge in [0, 0.05) is 0 Å². The fraction of sp³-hybridized carbons (Fsp3) is 1.00. The summed E-state index contributed by atoms with van der Waals surface area (Å²) in [5, 5.41) is 29.8. The van der Waals surface area contributed by atoms with Gasteiger partial charge in [-0.15, -0.1) is 0 Å². The van der Waals surface area contributed by atoms with Crippen molar-refractivity contribution in [2.75, 3.05) is 0 Å². The van der Waals surface area contributed by atoms with E-state index < -0.39 is 6.10 Å². The van der Waals surface area contributed by atoms with Crippen molar-refractivity contribution in [3.05, 3.63) is 0 Å². The van der Waals surface area contributed by atoms with Crippen LogP contribution < -0.4 is 0 Å². The molecule has 0 aliphatic carbocycles. The van der Waals surface area contributed by atoms with E-state index in [2.05, 4.69) is 6.92 Å². The highest BCUT2D eigenvalue weighted by Gasteiger charge is 2.24. The zero-order valence-electron chi connectivity index (χ0n) is 12.3. The van der Waals surface area contributed by atoms with Crippen LogP contribution in [0.25, 0.3) is 0 Å². The second-order valence-electron chi connectivity index (χ2n) is 5.45. The summed E-state index contributed by atoms with van der Waals surface area (Å²) in [6.45, 7) is 6.10. The Morgan fingerprint density at radius 2 is 1.39 bits per heavy atom. The monoisotopic (exact) mass is 260 g/mol. The Morgan fingerprint density at radius 1 is 0.778 bits per heavy atom. The van der Waals surface area contributed by atoms with E-state index in [9.17, 15) is 15.3 Å². The van der Waals surface area contributed by atoms with Crippen LogP contribution in [0.4, 0.5) is 0 Å². The first-order valence-corrected chi connectivity index (χ1v) is 7.59. The van der Waals surface area contributed by atoms with Crippen LogP contribution in [0.15, 0.2) is 0 Å². The van der Waals surface area contributed by atoms with Gasteiger partial charge < -0.3 is 15.3 Å². The molecular formula is C15H32O3. The highest BCUT2D eigenvalue weighted by atomic mass is 16.3. The summed E-state index contributed by atoms with van der Waals surface area (Å²) in [7, 11) is 0. The van der Waals surface area contributed by atoms with Crippen molar-refractivity contribution in [3.63, 3.8) is 0 Å². The number of hydrogen-bond donors (Lipinski definition) is 3. The van der Waals surface area contributed by atoms with Gasteiger partial charge in [0.05, 0.1) is 18.3 Å². The molecule has 0 heterocycles. The number of rotatable bonds is 11. The molecule has 18 heavy (non-hydrogen) atoms. The van der Waals surface area contributed by atoms with Crippen LogP contribution in [-0.2, 0) is 0 Å². The lowest BCUT2D eigenvalue weighted by Crippen LogP contribution is -2.28. The van der Waals surface area contributed by atoms with Gasteiger partial charge in [-0.2, -0.15) is 0 Å². The van der Waals surface area contributed by atoms with E-state index in [1.54, 1.807) is 0 Å². The van der Waals surface area contributed by atoms with E-state index in [0.717, 1.165) is 32.1 Å². The van der Waals surface area contributed by atoms with Gasteiger partial charge in [0.2, 0.25) is 0 Å². The number of aliphatic hydroxyl groups excluding tert-OH is 3. The van der Waals surface area contributed by atoms with E-state index in [0.29, 0.717) is 19.3 Å². The standard InChI is InChI=1S/C15H32O3/c1-4-7-9-15(18)12(10-13(16)6-3)11-14(17)8-5-2/h12-18H,4-11H2,1-3H3. The van der Waals surface area contributed by atoms with Crippen LogP contribution in [0.2, 0.25) is 0 Å². The van der Waals surface area contributed by atoms with Crippen LogP contribution >= 0.6 is 0 Å². The lowest BCUT2D eigenvalue weighted by molar-refractivity contribution is 0.0214. The zero-order valence-corrected chi connectivity index (χ0v) is 12.3. The Hall–Kier alpha value is -0.120. The minimum absolute atomic E-state index is 0.0213. The van der Waals surface area contributed by atoms with E-state index in [1.165, 1.54) is 0 Å². The minimum Gasteiger partial charge on any atom is -0.393 e. The van der Waals surface area contributed by atoms with Gasteiger partial charge in [0.1, 0.15) is 0 Å². The molecule has 0 bridgehead atoms. The molecule has 0 aromatic carbocycles.